The molecular weight excluding hydrogens is 330 g/mol. The Balaban J connectivity index is 1.56. The number of ether oxygens (including phenoxy) is 1. The molecule has 2 aromatic carbocycles. The number of aromatic amines is 1. The van der Waals surface area contributed by atoms with Crippen molar-refractivity contribution in [2.24, 2.45) is 0 Å². The number of aliphatic hydroxyl groups is 1. The predicted octanol–water partition coefficient (Wildman–Crippen LogP) is 2.10. The van der Waals surface area contributed by atoms with E-state index in [4.69, 9.17) is 4.74 Å². The van der Waals surface area contributed by atoms with Crippen molar-refractivity contribution in [2.45, 2.75) is 19.6 Å². The van der Waals surface area contributed by atoms with Crippen LogP contribution in [0.3, 0.4) is 0 Å². The van der Waals surface area contributed by atoms with E-state index in [-0.39, 0.29) is 12.2 Å². The first-order chi connectivity index (χ1) is 12.5. The average Bonchev–Trinajstić information content (AvgIpc) is 2.60. The molecule has 136 valence electrons. The van der Waals surface area contributed by atoms with E-state index in [1.807, 2.05) is 61.3 Å². The van der Waals surface area contributed by atoms with Gasteiger partial charge >= 0.3 is 0 Å². The van der Waals surface area contributed by atoms with Gasteiger partial charge in [-0.05, 0) is 43.8 Å². The molecule has 0 amide bonds. The SMILES string of the molecule is Cc1cccc(OC[C@H](O)CN(C)Cc2nc3ccccc3c(=O)[nH]2)c1. The molecule has 0 radical (unpaired) electrons. The molecule has 1 atom stereocenters. The normalized spacial score (nSPS) is 12.5. The Morgan fingerprint density at radius 1 is 1.23 bits per heavy atom. The summed E-state index contributed by atoms with van der Waals surface area (Å²) >= 11 is 0. The van der Waals surface area contributed by atoms with Gasteiger partial charge < -0.3 is 14.8 Å². The number of aliphatic hydroxyl groups excluding tert-OH is 1. The molecule has 3 rings (SSSR count). The van der Waals surface area contributed by atoms with E-state index >= 15 is 0 Å². The lowest BCUT2D eigenvalue weighted by Crippen LogP contribution is -2.33. The quantitative estimate of drug-likeness (QED) is 0.680. The second kappa shape index (κ2) is 8.12. The maximum absolute atomic E-state index is 12.1. The van der Waals surface area contributed by atoms with E-state index in [2.05, 4.69) is 9.97 Å². The van der Waals surface area contributed by atoms with Crippen molar-refractivity contribution in [3.05, 3.63) is 70.3 Å². The third-order valence-electron chi connectivity index (χ3n) is 4.04. The molecule has 3 aromatic rings. The smallest absolute Gasteiger partial charge is 0.258 e. The van der Waals surface area contributed by atoms with Crippen LogP contribution in [-0.2, 0) is 6.54 Å². The van der Waals surface area contributed by atoms with Gasteiger partial charge in [0.05, 0.1) is 17.4 Å². The summed E-state index contributed by atoms with van der Waals surface area (Å²) in [6.45, 7) is 3.04. The Bertz CT molecular complexity index is 939. The molecule has 0 aliphatic rings. The van der Waals surface area contributed by atoms with Crippen LogP contribution in [0.15, 0.2) is 53.3 Å². The number of hydrogen-bond acceptors (Lipinski definition) is 5. The highest BCUT2D eigenvalue weighted by Gasteiger charge is 2.12. The van der Waals surface area contributed by atoms with E-state index in [1.54, 1.807) is 6.07 Å². The summed E-state index contributed by atoms with van der Waals surface area (Å²) in [5.41, 5.74) is 1.63. The Morgan fingerprint density at radius 2 is 2.04 bits per heavy atom. The van der Waals surface area contributed by atoms with E-state index < -0.39 is 6.10 Å². The van der Waals surface area contributed by atoms with Crippen LogP contribution in [0.2, 0.25) is 0 Å². The number of aromatic nitrogens is 2. The van der Waals surface area contributed by atoms with Crippen LogP contribution in [0.1, 0.15) is 11.4 Å². The lowest BCUT2D eigenvalue weighted by atomic mass is 10.2. The molecule has 6 heteroatoms. The average molecular weight is 353 g/mol. The Kier molecular flexibility index (Phi) is 5.65. The summed E-state index contributed by atoms with van der Waals surface area (Å²) in [6.07, 6.45) is -0.646. The number of para-hydroxylation sites is 1. The second-order valence-electron chi connectivity index (χ2n) is 6.51. The molecule has 0 unspecified atom stereocenters. The third-order valence-corrected chi connectivity index (χ3v) is 4.04. The highest BCUT2D eigenvalue weighted by molar-refractivity contribution is 5.77. The predicted molar refractivity (Wildman–Crippen MR) is 101 cm³/mol. The standard InChI is InChI=1S/C20H23N3O3/c1-14-6-5-7-16(10-14)26-13-15(24)11-23(2)12-19-21-18-9-4-3-8-17(18)20(25)22-19/h3-10,15,24H,11-13H2,1-2H3,(H,21,22,25)/t15-/m1/s1. The number of hydrogen-bond donors (Lipinski definition) is 2. The number of nitrogens with zero attached hydrogens (tertiary/aromatic N) is 2. The topological polar surface area (TPSA) is 78.5 Å². The molecule has 1 aromatic heterocycles. The molecule has 6 nitrogen and oxygen atoms in total. The highest BCUT2D eigenvalue weighted by atomic mass is 16.5. The summed E-state index contributed by atoms with van der Waals surface area (Å²) in [7, 11) is 1.87. The van der Waals surface area contributed by atoms with Crippen LogP contribution in [0.25, 0.3) is 10.9 Å². The number of likely N-dealkylation sites (N-methyl/N-ethyl adjacent to an activating group) is 1. The fourth-order valence-electron chi connectivity index (χ4n) is 2.84. The summed E-state index contributed by atoms with van der Waals surface area (Å²) in [5, 5.41) is 10.8. The zero-order chi connectivity index (χ0) is 18.5. The van der Waals surface area contributed by atoms with Crippen molar-refractivity contribution >= 4 is 10.9 Å². The highest BCUT2D eigenvalue weighted by Crippen LogP contribution is 2.13. The first-order valence-corrected chi connectivity index (χ1v) is 8.55. The fourth-order valence-corrected chi connectivity index (χ4v) is 2.84. The molecule has 0 saturated carbocycles. The minimum atomic E-state index is -0.646. The maximum atomic E-state index is 12.1. The lowest BCUT2D eigenvalue weighted by Gasteiger charge is -2.20. The summed E-state index contributed by atoms with van der Waals surface area (Å²) in [4.78, 5) is 21.3. The maximum Gasteiger partial charge on any atom is 0.258 e. The van der Waals surface area contributed by atoms with Crippen molar-refractivity contribution in [2.75, 3.05) is 20.2 Å². The number of fused-ring (bicyclic) bond motifs is 1. The second-order valence-corrected chi connectivity index (χ2v) is 6.51. The van der Waals surface area contributed by atoms with Gasteiger partial charge in [-0.15, -0.1) is 0 Å². The van der Waals surface area contributed by atoms with Gasteiger partial charge in [0, 0.05) is 6.54 Å². The molecule has 1 heterocycles. The largest absolute Gasteiger partial charge is 0.491 e. The Hall–Kier alpha value is -2.70. The summed E-state index contributed by atoms with van der Waals surface area (Å²) in [6, 6.07) is 15.0. The molecule has 0 aliphatic carbocycles. The van der Waals surface area contributed by atoms with Crippen LogP contribution in [0, 0.1) is 6.92 Å². The first kappa shape index (κ1) is 18.1. The molecule has 0 saturated heterocycles. The van der Waals surface area contributed by atoms with Gasteiger partial charge in [0.2, 0.25) is 0 Å². The third kappa shape index (κ3) is 4.68. The molecule has 0 spiro atoms. The Labute approximate surface area is 152 Å². The number of H-pyrrole nitrogens is 1. The molecule has 0 bridgehead atoms. The lowest BCUT2D eigenvalue weighted by molar-refractivity contribution is 0.0737. The van der Waals surface area contributed by atoms with Crippen molar-refractivity contribution in [1.82, 2.24) is 14.9 Å². The van der Waals surface area contributed by atoms with E-state index in [9.17, 15) is 9.90 Å². The van der Waals surface area contributed by atoms with Crippen LogP contribution in [0.4, 0.5) is 0 Å². The van der Waals surface area contributed by atoms with Crippen LogP contribution in [0.5, 0.6) is 5.75 Å². The minimum absolute atomic E-state index is 0.151. The van der Waals surface area contributed by atoms with Gasteiger partial charge in [-0.25, -0.2) is 4.98 Å². The van der Waals surface area contributed by atoms with E-state index in [0.29, 0.717) is 29.8 Å². The molecule has 26 heavy (non-hydrogen) atoms. The monoisotopic (exact) mass is 353 g/mol. The Morgan fingerprint density at radius 3 is 2.85 bits per heavy atom. The molecule has 0 fully saturated rings. The van der Waals surface area contributed by atoms with Gasteiger partial charge in [0.15, 0.2) is 0 Å². The van der Waals surface area contributed by atoms with Crippen LogP contribution < -0.4 is 10.3 Å². The molecule has 2 N–H and O–H groups in total. The van der Waals surface area contributed by atoms with Crippen molar-refractivity contribution in [3.63, 3.8) is 0 Å². The van der Waals surface area contributed by atoms with Gasteiger partial charge in [-0.3, -0.25) is 9.69 Å². The molecular formula is C20H23N3O3. The zero-order valence-corrected chi connectivity index (χ0v) is 15.0. The number of benzene rings is 2. The molecule has 0 aliphatic heterocycles. The van der Waals surface area contributed by atoms with Crippen molar-refractivity contribution in [3.8, 4) is 5.75 Å². The van der Waals surface area contributed by atoms with Crippen LogP contribution >= 0.6 is 0 Å². The van der Waals surface area contributed by atoms with Crippen molar-refractivity contribution in [1.29, 1.82) is 0 Å². The van der Waals surface area contributed by atoms with Gasteiger partial charge in [0.1, 0.15) is 24.3 Å². The number of rotatable bonds is 7. The first-order valence-electron chi connectivity index (χ1n) is 8.55. The van der Waals surface area contributed by atoms with Gasteiger partial charge in [0.25, 0.3) is 5.56 Å². The number of nitrogens with one attached hydrogen (secondary N) is 1. The van der Waals surface area contributed by atoms with E-state index in [0.717, 1.165) is 11.3 Å². The van der Waals surface area contributed by atoms with Crippen molar-refractivity contribution < 1.29 is 9.84 Å². The van der Waals surface area contributed by atoms with Gasteiger partial charge in [-0.1, -0.05) is 24.3 Å². The summed E-state index contributed by atoms with van der Waals surface area (Å²) in [5.74, 6) is 1.32. The minimum Gasteiger partial charge on any atom is -0.491 e. The number of aryl methyl sites for hydroxylation is 1. The zero-order valence-electron chi connectivity index (χ0n) is 15.0. The fraction of sp³-hybridized carbons (Fsp3) is 0.300. The summed E-state index contributed by atoms with van der Waals surface area (Å²) < 4.78 is 5.63. The van der Waals surface area contributed by atoms with Gasteiger partial charge in [-0.2, -0.15) is 0 Å². The van der Waals surface area contributed by atoms with Crippen LogP contribution in [-0.4, -0.2) is 46.3 Å². The van der Waals surface area contributed by atoms with E-state index in [1.165, 1.54) is 0 Å².